The third-order valence-corrected chi connectivity index (χ3v) is 3.77. The van der Waals surface area contributed by atoms with Crippen molar-refractivity contribution in [2.45, 2.75) is 6.92 Å². The highest BCUT2D eigenvalue weighted by Crippen LogP contribution is 2.16. The van der Waals surface area contributed by atoms with Crippen LogP contribution in [0.25, 0.3) is 0 Å². The molecule has 2 N–H and O–H groups in total. The van der Waals surface area contributed by atoms with Crippen LogP contribution in [0.15, 0.2) is 48.5 Å². The van der Waals surface area contributed by atoms with Gasteiger partial charge in [0.2, 0.25) is 0 Å². The molecule has 0 fully saturated rings. The molecule has 0 saturated carbocycles. The summed E-state index contributed by atoms with van der Waals surface area (Å²) in [7, 11) is 1.57. The van der Waals surface area contributed by atoms with E-state index >= 15 is 0 Å². The zero-order valence-corrected chi connectivity index (χ0v) is 16.2. The molecule has 7 nitrogen and oxygen atoms in total. The summed E-state index contributed by atoms with van der Waals surface area (Å²) in [5, 5.41) is 5.55. The van der Waals surface area contributed by atoms with Gasteiger partial charge in [0.05, 0.1) is 13.2 Å². The molecule has 2 amide bonds. The number of rotatable bonds is 11. The average Bonchev–Trinajstić information content (AvgIpc) is 2.72. The minimum Gasteiger partial charge on any atom is -0.491 e. The number of hydrogen-bond acceptors (Lipinski definition) is 5. The summed E-state index contributed by atoms with van der Waals surface area (Å²) >= 11 is 0. The monoisotopic (exact) mass is 386 g/mol. The Balaban J connectivity index is 1.97. The molecule has 0 saturated heterocycles. The molecule has 0 radical (unpaired) electrons. The minimum absolute atomic E-state index is 0.224. The summed E-state index contributed by atoms with van der Waals surface area (Å²) in [4.78, 5) is 24.6. The van der Waals surface area contributed by atoms with Gasteiger partial charge in [-0.3, -0.25) is 9.59 Å². The third kappa shape index (κ3) is 7.02. The Kier molecular flexibility index (Phi) is 8.97. The van der Waals surface area contributed by atoms with Crippen LogP contribution < -0.4 is 15.4 Å². The number of carbonyl (C=O) groups excluding carboxylic acids is 2. The molecule has 150 valence electrons. The molecule has 28 heavy (non-hydrogen) atoms. The second-order valence-corrected chi connectivity index (χ2v) is 5.86. The lowest BCUT2D eigenvalue weighted by molar-refractivity contribution is 0.0936. The van der Waals surface area contributed by atoms with Crippen molar-refractivity contribution in [3.8, 4) is 5.75 Å². The van der Waals surface area contributed by atoms with Gasteiger partial charge in [0.25, 0.3) is 11.8 Å². The number of hydrogen-bond donors (Lipinski definition) is 2. The van der Waals surface area contributed by atoms with Gasteiger partial charge in [-0.1, -0.05) is 12.1 Å². The first-order chi connectivity index (χ1) is 13.6. The maximum absolute atomic E-state index is 12.5. The molecule has 2 aromatic carbocycles. The van der Waals surface area contributed by atoms with Crippen molar-refractivity contribution >= 4 is 17.5 Å². The van der Waals surface area contributed by atoms with Crippen LogP contribution in [0.5, 0.6) is 5.75 Å². The SMILES string of the molecule is CCOCCOc1cccc(C(=O)Nc2cccc(C(=O)NCCOC)c2)c1. The van der Waals surface area contributed by atoms with Crippen LogP contribution >= 0.6 is 0 Å². The maximum Gasteiger partial charge on any atom is 0.255 e. The van der Waals surface area contributed by atoms with E-state index in [4.69, 9.17) is 14.2 Å². The normalized spacial score (nSPS) is 10.4. The molecule has 0 aliphatic carbocycles. The van der Waals surface area contributed by atoms with E-state index in [1.807, 2.05) is 6.92 Å². The quantitative estimate of drug-likeness (QED) is 0.580. The number of amides is 2. The first-order valence-electron chi connectivity index (χ1n) is 9.13. The number of nitrogens with one attached hydrogen (secondary N) is 2. The van der Waals surface area contributed by atoms with Crippen LogP contribution in [0.3, 0.4) is 0 Å². The van der Waals surface area contributed by atoms with Crippen LogP contribution in [0.2, 0.25) is 0 Å². The maximum atomic E-state index is 12.5. The molecule has 0 bridgehead atoms. The first-order valence-corrected chi connectivity index (χ1v) is 9.13. The van der Waals surface area contributed by atoms with E-state index in [1.165, 1.54) is 0 Å². The molecule has 0 atom stereocenters. The Hall–Kier alpha value is -2.90. The van der Waals surface area contributed by atoms with Crippen molar-refractivity contribution < 1.29 is 23.8 Å². The molecular weight excluding hydrogens is 360 g/mol. The van der Waals surface area contributed by atoms with Gasteiger partial charge in [-0.15, -0.1) is 0 Å². The van der Waals surface area contributed by atoms with Crippen molar-refractivity contribution in [1.82, 2.24) is 5.32 Å². The number of anilines is 1. The fourth-order valence-corrected chi connectivity index (χ4v) is 2.40. The van der Waals surface area contributed by atoms with Gasteiger partial charge in [-0.25, -0.2) is 0 Å². The van der Waals surface area contributed by atoms with Crippen molar-refractivity contribution in [2.75, 3.05) is 45.4 Å². The van der Waals surface area contributed by atoms with Gasteiger partial charge in [0, 0.05) is 37.1 Å². The number of carbonyl (C=O) groups is 2. The Labute approximate surface area is 165 Å². The van der Waals surface area contributed by atoms with Crippen molar-refractivity contribution in [2.24, 2.45) is 0 Å². The van der Waals surface area contributed by atoms with Gasteiger partial charge >= 0.3 is 0 Å². The van der Waals surface area contributed by atoms with Crippen molar-refractivity contribution in [1.29, 1.82) is 0 Å². The van der Waals surface area contributed by atoms with E-state index in [2.05, 4.69) is 10.6 Å². The Bertz CT molecular complexity index is 779. The molecule has 0 aliphatic heterocycles. The van der Waals surface area contributed by atoms with Gasteiger partial charge in [-0.05, 0) is 43.3 Å². The fourth-order valence-electron chi connectivity index (χ4n) is 2.40. The molecular formula is C21H26N2O5. The second-order valence-electron chi connectivity index (χ2n) is 5.86. The van der Waals surface area contributed by atoms with Crippen LogP contribution in [0, 0.1) is 0 Å². The fraction of sp³-hybridized carbons (Fsp3) is 0.333. The second kappa shape index (κ2) is 11.7. The van der Waals surface area contributed by atoms with E-state index in [0.717, 1.165) is 0 Å². The summed E-state index contributed by atoms with van der Waals surface area (Å²) in [5.41, 5.74) is 1.46. The van der Waals surface area contributed by atoms with E-state index in [0.29, 0.717) is 55.5 Å². The van der Waals surface area contributed by atoms with Crippen molar-refractivity contribution in [3.05, 3.63) is 59.7 Å². The summed E-state index contributed by atoms with van der Waals surface area (Å²) in [6, 6.07) is 13.7. The van der Waals surface area contributed by atoms with Gasteiger partial charge in [-0.2, -0.15) is 0 Å². The standard InChI is InChI=1S/C21H26N2O5/c1-3-27-12-13-28-19-9-5-7-17(15-19)21(25)23-18-8-4-6-16(14-18)20(24)22-10-11-26-2/h4-9,14-15H,3,10-13H2,1-2H3,(H,22,24)(H,23,25). The third-order valence-electron chi connectivity index (χ3n) is 3.77. The van der Waals surface area contributed by atoms with Crippen LogP contribution in [0.4, 0.5) is 5.69 Å². The number of benzene rings is 2. The zero-order valence-electron chi connectivity index (χ0n) is 16.2. The highest BCUT2D eigenvalue weighted by atomic mass is 16.5. The number of methoxy groups -OCH3 is 1. The van der Waals surface area contributed by atoms with Gasteiger partial charge in [0.1, 0.15) is 12.4 Å². The summed E-state index contributed by atoms with van der Waals surface area (Å²) in [6.45, 7) is 4.32. The van der Waals surface area contributed by atoms with Gasteiger partial charge < -0.3 is 24.8 Å². The molecule has 0 heterocycles. The van der Waals surface area contributed by atoms with Crippen LogP contribution in [0.1, 0.15) is 27.6 Å². The Morgan fingerprint density at radius 1 is 0.929 bits per heavy atom. The van der Waals surface area contributed by atoms with Gasteiger partial charge in [0.15, 0.2) is 0 Å². The molecule has 0 spiro atoms. The van der Waals surface area contributed by atoms with Crippen LogP contribution in [-0.4, -0.2) is 51.9 Å². The molecule has 2 rings (SSSR count). The Morgan fingerprint density at radius 3 is 2.43 bits per heavy atom. The summed E-state index contributed by atoms with van der Waals surface area (Å²) in [5.74, 6) is 0.0867. The molecule has 7 heteroatoms. The average molecular weight is 386 g/mol. The summed E-state index contributed by atoms with van der Waals surface area (Å²) < 4.78 is 15.7. The lowest BCUT2D eigenvalue weighted by Gasteiger charge is -2.10. The first kappa shape index (κ1) is 21.4. The predicted octanol–water partition coefficient (Wildman–Crippen LogP) is 2.73. The molecule has 0 unspecified atom stereocenters. The van der Waals surface area contributed by atoms with E-state index < -0.39 is 0 Å². The highest BCUT2D eigenvalue weighted by molar-refractivity contribution is 6.05. The van der Waals surface area contributed by atoms with E-state index in [-0.39, 0.29) is 11.8 Å². The van der Waals surface area contributed by atoms with Crippen LogP contribution in [-0.2, 0) is 9.47 Å². The smallest absolute Gasteiger partial charge is 0.255 e. The minimum atomic E-state index is -0.285. The molecule has 0 aromatic heterocycles. The topological polar surface area (TPSA) is 85.9 Å². The number of ether oxygens (including phenoxy) is 3. The largest absolute Gasteiger partial charge is 0.491 e. The zero-order chi connectivity index (χ0) is 20.2. The predicted molar refractivity (Wildman–Crippen MR) is 107 cm³/mol. The molecule has 2 aromatic rings. The van der Waals surface area contributed by atoms with E-state index in [9.17, 15) is 9.59 Å². The van der Waals surface area contributed by atoms with E-state index in [1.54, 1.807) is 55.6 Å². The molecule has 0 aliphatic rings. The lowest BCUT2D eigenvalue weighted by Crippen LogP contribution is -2.27. The lowest BCUT2D eigenvalue weighted by atomic mass is 10.1. The van der Waals surface area contributed by atoms with Crippen molar-refractivity contribution in [3.63, 3.8) is 0 Å². The Morgan fingerprint density at radius 2 is 1.68 bits per heavy atom. The summed E-state index contributed by atoms with van der Waals surface area (Å²) in [6.07, 6.45) is 0. The highest BCUT2D eigenvalue weighted by Gasteiger charge is 2.10.